The second-order valence-electron chi connectivity index (χ2n) is 7.59. The van der Waals surface area contributed by atoms with Crippen LogP contribution in [0.4, 0.5) is 0 Å². The van der Waals surface area contributed by atoms with E-state index in [0.717, 1.165) is 48.4 Å². The molecule has 1 N–H and O–H groups in total. The zero-order valence-corrected chi connectivity index (χ0v) is 17.8. The van der Waals surface area contributed by atoms with Gasteiger partial charge in [0.2, 0.25) is 11.8 Å². The summed E-state index contributed by atoms with van der Waals surface area (Å²) in [6, 6.07) is 11.2. The molecule has 1 unspecified atom stereocenters. The lowest BCUT2D eigenvalue weighted by atomic mass is 10.0. The van der Waals surface area contributed by atoms with Gasteiger partial charge in [-0.15, -0.1) is 11.3 Å². The van der Waals surface area contributed by atoms with Crippen LogP contribution in [0, 0.1) is 6.92 Å². The zero-order valence-electron chi connectivity index (χ0n) is 17.0. The average molecular weight is 424 g/mol. The summed E-state index contributed by atoms with van der Waals surface area (Å²) in [5.74, 6) is 0.0872. The molecule has 7 heteroatoms. The fourth-order valence-electron chi connectivity index (χ4n) is 3.70. The number of aromatic nitrogens is 1. The van der Waals surface area contributed by atoms with E-state index in [9.17, 15) is 9.59 Å². The lowest BCUT2D eigenvalue weighted by molar-refractivity contribution is -0.121. The van der Waals surface area contributed by atoms with Crippen molar-refractivity contribution in [2.75, 3.05) is 13.1 Å². The number of amides is 2. The number of carbonyl (C=O) groups is 2. The van der Waals surface area contributed by atoms with Crippen molar-refractivity contribution in [3.05, 3.63) is 75.6 Å². The van der Waals surface area contributed by atoms with E-state index in [-0.39, 0.29) is 17.5 Å². The Bertz CT molecular complexity index is 1010. The number of carbonyl (C=O) groups excluding carboxylic acids is 2. The Morgan fingerprint density at radius 2 is 2.03 bits per heavy atom. The number of nitrogens with zero attached hydrogens (tertiary/aromatic N) is 2. The molecule has 0 bridgehead atoms. The van der Waals surface area contributed by atoms with E-state index in [1.807, 2.05) is 53.6 Å². The highest BCUT2D eigenvalue weighted by molar-refractivity contribution is 7.10. The van der Waals surface area contributed by atoms with Crippen molar-refractivity contribution in [3.8, 4) is 0 Å². The molecule has 0 spiro atoms. The van der Waals surface area contributed by atoms with Crippen molar-refractivity contribution in [2.45, 2.75) is 38.6 Å². The Morgan fingerprint density at radius 1 is 1.20 bits per heavy atom. The minimum absolute atomic E-state index is 0.113. The largest absolute Gasteiger partial charge is 0.445 e. The van der Waals surface area contributed by atoms with E-state index in [0.29, 0.717) is 12.3 Å². The van der Waals surface area contributed by atoms with E-state index in [1.54, 1.807) is 11.3 Å². The number of rotatable bonds is 6. The SMILES string of the molecule is Cc1cccc(C(NC(=O)Cc2cccs2)c2nc(C(=O)N3CCCCC3)co2)c1. The lowest BCUT2D eigenvalue weighted by Gasteiger charge is -2.25. The summed E-state index contributed by atoms with van der Waals surface area (Å²) in [6.45, 7) is 3.49. The molecule has 1 aromatic carbocycles. The van der Waals surface area contributed by atoms with Gasteiger partial charge in [0.05, 0.1) is 6.42 Å². The molecular formula is C23H25N3O3S. The number of hydrogen-bond acceptors (Lipinski definition) is 5. The number of hydrogen-bond donors (Lipinski definition) is 1. The Labute approximate surface area is 179 Å². The van der Waals surface area contributed by atoms with Crippen molar-refractivity contribution in [3.63, 3.8) is 0 Å². The second kappa shape index (κ2) is 9.26. The van der Waals surface area contributed by atoms with Crippen LogP contribution in [0.3, 0.4) is 0 Å². The summed E-state index contributed by atoms with van der Waals surface area (Å²) < 4.78 is 5.70. The normalized spacial score (nSPS) is 15.0. The van der Waals surface area contributed by atoms with Crippen molar-refractivity contribution in [1.82, 2.24) is 15.2 Å². The standard InChI is InChI=1S/C23H25N3O3S/c1-16-7-5-8-17(13-16)21(25-20(27)14-18-9-6-12-30-18)22-24-19(15-29-22)23(28)26-10-3-2-4-11-26/h5-9,12-13,15,21H,2-4,10-11,14H2,1H3,(H,25,27). The van der Waals surface area contributed by atoms with Crippen molar-refractivity contribution in [1.29, 1.82) is 0 Å². The van der Waals surface area contributed by atoms with Gasteiger partial charge < -0.3 is 14.6 Å². The first-order valence-corrected chi connectivity index (χ1v) is 11.1. The molecule has 1 aliphatic rings. The summed E-state index contributed by atoms with van der Waals surface area (Å²) in [7, 11) is 0. The second-order valence-corrected chi connectivity index (χ2v) is 8.63. The monoisotopic (exact) mass is 423 g/mol. The molecule has 1 saturated heterocycles. The van der Waals surface area contributed by atoms with Crippen molar-refractivity contribution in [2.24, 2.45) is 0 Å². The maximum absolute atomic E-state index is 12.8. The lowest BCUT2D eigenvalue weighted by Crippen LogP contribution is -2.36. The number of nitrogens with one attached hydrogen (secondary N) is 1. The first-order chi connectivity index (χ1) is 14.6. The molecule has 0 saturated carbocycles. The molecule has 0 radical (unpaired) electrons. The maximum atomic E-state index is 12.8. The zero-order chi connectivity index (χ0) is 20.9. The quantitative estimate of drug-likeness (QED) is 0.647. The fraction of sp³-hybridized carbons (Fsp3) is 0.348. The number of benzene rings is 1. The van der Waals surface area contributed by atoms with Crippen LogP contribution in [0.15, 0.2) is 52.5 Å². The van der Waals surface area contributed by atoms with Gasteiger partial charge in [0.1, 0.15) is 12.3 Å². The van der Waals surface area contributed by atoms with Crippen LogP contribution in [-0.2, 0) is 11.2 Å². The highest BCUT2D eigenvalue weighted by atomic mass is 32.1. The Morgan fingerprint density at radius 3 is 2.77 bits per heavy atom. The number of piperidine rings is 1. The number of aryl methyl sites for hydroxylation is 1. The highest BCUT2D eigenvalue weighted by Crippen LogP contribution is 2.24. The van der Waals surface area contributed by atoms with Crippen LogP contribution in [-0.4, -0.2) is 34.8 Å². The molecule has 3 heterocycles. The topological polar surface area (TPSA) is 75.4 Å². The molecule has 1 fully saturated rings. The molecule has 30 heavy (non-hydrogen) atoms. The number of likely N-dealkylation sites (tertiary alicyclic amines) is 1. The first kappa shape index (κ1) is 20.3. The number of oxazole rings is 1. The first-order valence-electron chi connectivity index (χ1n) is 10.2. The number of thiophene rings is 1. The van der Waals surface area contributed by atoms with Crippen molar-refractivity contribution < 1.29 is 14.0 Å². The summed E-state index contributed by atoms with van der Waals surface area (Å²) in [5.41, 5.74) is 2.23. The summed E-state index contributed by atoms with van der Waals surface area (Å²) in [5, 5.41) is 4.99. The molecule has 2 aromatic heterocycles. The van der Waals surface area contributed by atoms with Gasteiger partial charge in [-0.2, -0.15) is 0 Å². The Balaban J connectivity index is 1.57. The minimum atomic E-state index is -0.555. The van der Waals surface area contributed by atoms with Crippen LogP contribution >= 0.6 is 11.3 Å². The Kier molecular flexibility index (Phi) is 6.28. The van der Waals surface area contributed by atoms with Gasteiger partial charge in [-0.3, -0.25) is 9.59 Å². The van der Waals surface area contributed by atoms with E-state index in [2.05, 4.69) is 10.3 Å². The van der Waals surface area contributed by atoms with E-state index in [4.69, 9.17) is 4.42 Å². The molecule has 6 nitrogen and oxygen atoms in total. The molecule has 4 rings (SSSR count). The predicted molar refractivity (Wildman–Crippen MR) is 115 cm³/mol. The maximum Gasteiger partial charge on any atom is 0.275 e. The van der Waals surface area contributed by atoms with Crippen molar-refractivity contribution >= 4 is 23.2 Å². The molecule has 1 atom stereocenters. The third-order valence-electron chi connectivity index (χ3n) is 5.23. The smallest absolute Gasteiger partial charge is 0.275 e. The fourth-order valence-corrected chi connectivity index (χ4v) is 4.40. The molecular weight excluding hydrogens is 398 g/mol. The van der Waals surface area contributed by atoms with Gasteiger partial charge >= 0.3 is 0 Å². The third-order valence-corrected chi connectivity index (χ3v) is 6.10. The third kappa shape index (κ3) is 4.79. The van der Waals surface area contributed by atoms with Gasteiger partial charge in [-0.05, 0) is 43.2 Å². The van der Waals surface area contributed by atoms with E-state index in [1.165, 1.54) is 6.26 Å². The molecule has 3 aromatic rings. The Hall–Kier alpha value is -2.93. The predicted octanol–water partition coefficient (Wildman–Crippen LogP) is 4.12. The van der Waals surface area contributed by atoms with Gasteiger partial charge in [0, 0.05) is 18.0 Å². The van der Waals surface area contributed by atoms with Crippen LogP contribution in [0.2, 0.25) is 0 Å². The highest BCUT2D eigenvalue weighted by Gasteiger charge is 2.26. The minimum Gasteiger partial charge on any atom is -0.445 e. The average Bonchev–Trinajstić information content (AvgIpc) is 3.44. The molecule has 2 amide bonds. The van der Waals surface area contributed by atoms with Gasteiger partial charge in [0.25, 0.3) is 5.91 Å². The van der Waals surface area contributed by atoms with Gasteiger partial charge in [0.15, 0.2) is 5.69 Å². The summed E-state index contributed by atoms with van der Waals surface area (Å²) in [4.78, 5) is 32.8. The summed E-state index contributed by atoms with van der Waals surface area (Å²) in [6.07, 6.45) is 4.88. The van der Waals surface area contributed by atoms with E-state index < -0.39 is 6.04 Å². The molecule has 0 aliphatic carbocycles. The van der Waals surface area contributed by atoms with Gasteiger partial charge in [-0.25, -0.2) is 4.98 Å². The van der Waals surface area contributed by atoms with Crippen LogP contribution in [0.1, 0.15) is 57.7 Å². The van der Waals surface area contributed by atoms with Crippen LogP contribution < -0.4 is 5.32 Å². The van der Waals surface area contributed by atoms with E-state index >= 15 is 0 Å². The van der Waals surface area contributed by atoms with Crippen LogP contribution in [0.25, 0.3) is 0 Å². The van der Waals surface area contributed by atoms with Gasteiger partial charge in [-0.1, -0.05) is 35.9 Å². The summed E-state index contributed by atoms with van der Waals surface area (Å²) >= 11 is 1.55. The molecule has 156 valence electrons. The van der Waals surface area contributed by atoms with Crippen LogP contribution in [0.5, 0.6) is 0 Å². The molecule has 1 aliphatic heterocycles.